The zero-order valence-corrected chi connectivity index (χ0v) is 37.5. The fourth-order valence-electron chi connectivity index (χ4n) is 7.68. The molecule has 0 saturated carbocycles. The Morgan fingerprint density at radius 3 is 1.55 bits per heavy atom. The summed E-state index contributed by atoms with van der Waals surface area (Å²) in [6.45, 7) is 30.8. The maximum absolute atomic E-state index is 12.8. The Bertz CT molecular complexity index is 1140. The van der Waals surface area contributed by atoms with Gasteiger partial charge in [-0.05, 0) is 94.1 Å². The third-order valence-electron chi connectivity index (χ3n) is 10.6. The molecule has 0 aromatic rings. The molecule has 53 heavy (non-hydrogen) atoms. The number of carboxylic acids is 2. The highest BCUT2D eigenvalue weighted by atomic mass is 28.4. The van der Waals surface area contributed by atoms with Crippen molar-refractivity contribution in [3.05, 3.63) is 24.3 Å². The van der Waals surface area contributed by atoms with Crippen molar-refractivity contribution in [3.8, 4) is 0 Å². The van der Waals surface area contributed by atoms with Gasteiger partial charge < -0.3 is 25.0 Å². The Balaban J connectivity index is 4.76. The molecule has 0 radical (unpaired) electrons. The Kier molecular flexibility index (Phi) is 25.4. The van der Waals surface area contributed by atoms with E-state index in [4.69, 9.17) is 4.12 Å². The van der Waals surface area contributed by atoms with Crippen LogP contribution in [0, 0.1) is 35.5 Å². The number of nitrogens with one attached hydrogen (secondary N) is 2. The number of aliphatic carboxylic acids is 2. The molecule has 0 heterocycles. The summed E-state index contributed by atoms with van der Waals surface area (Å²) in [5.74, 6) is -2.48. The van der Waals surface area contributed by atoms with Crippen LogP contribution in [-0.4, -0.2) is 63.7 Å². The highest BCUT2D eigenvalue weighted by Gasteiger charge is 2.33. The first-order valence-electron chi connectivity index (χ1n) is 20.7. The zero-order valence-electron chi connectivity index (χ0n) is 35.5. The van der Waals surface area contributed by atoms with Crippen LogP contribution in [0.15, 0.2) is 24.3 Å². The van der Waals surface area contributed by atoms with Crippen molar-refractivity contribution < 1.29 is 33.5 Å². The maximum Gasteiger partial charge on any atom is 0.311 e. The van der Waals surface area contributed by atoms with Crippen molar-refractivity contribution >= 4 is 40.4 Å². The zero-order chi connectivity index (χ0) is 40.8. The lowest BCUT2D eigenvalue weighted by molar-refractivity contribution is -0.143. The quantitative estimate of drug-likeness (QED) is 0.0302. The van der Waals surface area contributed by atoms with Gasteiger partial charge in [0.25, 0.3) is 0 Å². The van der Waals surface area contributed by atoms with E-state index in [1.807, 2.05) is 0 Å². The summed E-state index contributed by atoms with van der Waals surface area (Å²) in [4.78, 5) is 49.7. The molecule has 0 fully saturated rings. The Hall–Kier alpha value is -2.25. The molecule has 9 nitrogen and oxygen atoms in total. The molecule has 6 atom stereocenters. The molecule has 308 valence electrons. The van der Waals surface area contributed by atoms with Gasteiger partial charge in [-0.1, -0.05) is 111 Å². The number of rotatable bonds is 32. The second-order valence-corrected chi connectivity index (χ2v) is 26.3. The van der Waals surface area contributed by atoms with Gasteiger partial charge in [-0.25, -0.2) is 0 Å². The van der Waals surface area contributed by atoms with Gasteiger partial charge in [-0.2, -0.15) is 0 Å². The summed E-state index contributed by atoms with van der Waals surface area (Å²) >= 11 is 0. The maximum atomic E-state index is 12.8. The van der Waals surface area contributed by atoms with Crippen molar-refractivity contribution in [3.63, 3.8) is 0 Å². The number of carbonyl (C=O) groups excluding carboxylic acids is 2. The van der Waals surface area contributed by atoms with Crippen molar-refractivity contribution in [2.45, 2.75) is 170 Å². The van der Waals surface area contributed by atoms with Crippen molar-refractivity contribution in [1.82, 2.24) is 10.6 Å². The van der Waals surface area contributed by atoms with Crippen LogP contribution < -0.4 is 10.6 Å². The molecule has 0 aliphatic rings. The number of hydrogen-bond acceptors (Lipinski definition) is 5. The average Bonchev–Trinajstić information content (AvgIpc) is 3.04. The van der Waals surface area contributed by atoms with E-state index in [2.05, 4.69) is 91.5 Å². The third kappa shape index (κ3) is 24.0. The SMILES string of the molecule is C=C(CC(C)CC(C)CCCC)C(CC(=O)NCCC[Si](C)(C)O[Si](C)(C)CCNC(=O)CC(C(=C)CC(C)CC(CC)CCCC)C(=O)O)C(=O)O. The smallest absolute Gasteiger partial charge is 0.311 e. The average molecular weight is 781 g/mol. The minimum atomic E-state index is -2.15. The summed E-state index contributed by atoms with van der Waals surface area (Å²) in [7, 11) is -4.24. The first-order chi connectivity index (χ1) is 24.7. The summed E-state index contributed by atoms with van der Waals surface area (Å²) in [6.07, 6.45) is 12.1. The van der Waals surface area contributed by atoms with Crippen molar-refractivity contribution in [2.24, 2.45) is 35.5 Å². The molecule has 0 aliphatic carbocycles. The van der Waals surface area contributed by atoms with Crippen LogP contribution in [0.1, 0.15) is 131 Å². The standard InChI is InChI=1S/C42H80N2O7Si2/c1-13-16-19-31(4)25-32(5)26-34(7)37(41(47)48)29-39(45)43-21-18-23-52(9,10)51-53(11,12)24-22-44-40(46)30-38(42(49)50)35(8)27-33(6)28-36(15-3)20-17-14-2/h31-33,36-38H,7-8,13-30H2,1-6,9-12H3,(H,43,45)(H,44,46)(H,47,48)(H,49,50). The second kappa shape index (κ2) is 26.5. The first-order valence-corrected chi connectivity index (χ1v) is 26.9. The van der Waals surface area contributed by atoms with E-state index in [1.165, 1.54) is 38.5 Å². The summed E-state index contributed by atoms with van der Waals surface area (Å²) < 4.78 is 6.71. The first kappa shape index (κ1) is 50.8. The lowest BCUT2D eigenvalue weighted by Gasteiger charge is -2.34. The van der Waals surface area contributed by atoms with E-state index >= 15 is 0 Å². The minimum Gasteiger partial charge on any atom is -0.481 e. The Labute approximate surface area is 326 Å². The predicted molar refractivity (Wildman–Crippen MR) is 225 cm³/mol. The van der Waals surface area contributed by atoms with Crippen LogP contribution in [0.5, 0.6) is 0 Å². The van der Waals surface area contributed by atoms with E-state index in [1.54, 1.807) is 0 Å². The topological polar surface area (TPSA) is 142 Å². The minimum absolute atomic E-state index is 0.103. The molecule has 2 amide bonds. The summed E-state index contributed by atoms with van der Waals surface area (Å²) in [5, 5.41) is 25.6. The van der Waals surface area contributed by atoms with Crippen LogP contribution in [0.3, 0.4) is 0 Å². The second-order valence-electron chi connectivity index (χ2n) is 17.4. The number of carboxylic acid groups (broad SMARTS) is 2. The highest BCUT2D eigenvalue weighted by molar-refractivity contribution is 6.84. The molecule has 4 N–H and O–H groups in total. The molecule has 0 spiro atoms. The van der Waals surface area contributed by atoms with E-state index < -0.39 is 40.4 Å². The van der Waals surface area contributed by atoms with Crippen LogP contribution in [0.4, 0.5) is 0 Å². The normalized spacial score (nSPS) is 15.4. The molecular formula is C42H80N2O7Si2. The molecule has 0 aromatic carbocycles. The van der Waals surface area contributed by atoms with Crippen molar-refractivity contribution in [2.75, 3.05) is 13.1 Å². The third-order valence-corrected chi connectivity index (χ3v) is 18.0. The monoisotopic (exact) mass is 781 g/mol. The van der Waals surface area contributed by atoms with Gasteiger partial charge in [0.05, 0.1) is 11.8 Å². The lowest BCUT2D eigenvalue weighted by atomic mass is 9.83. The van der Waals surface area contributed by atoms with Crippen LogP contribution in [-0.2, 0) is 23.3 Å². The van der Waals surface area contributed by atoms with E-state index in [0.717, 1.165) is 31.7 Å². The van der Waals surface area contributed by atoms with Crippen LogP contribution >= 0.6 is 0 Å². The molecule has 11 heteroatoms. The van der Waals surface area contributed by atoms with Crippen LogP contribution in [0.2, 0.25) is 38.3 Å². The highest BCUT2D eigenvalue weighted by Crippen LogP contribution is 2.30. The Morgan fingerprint density at radius 2 is 1.08 bits per heavy atom. The van der Waals surface area contributed by atoms with Gasteiger partial charge in [0.2, 0.25) is 11.8 Å². The van der Waals surface area contributed by atoms with Crippen LogP contribution in [0.25, 0.3) is 0 Å². The molecular weight excluding hydrogens is 701 g/mol. The Morgan fingerprint density at radius 1 is 0.623 bits per heavy atom. The molecule has 0 saturated heterocycles. The number of hydrogen-bond donors (Lipinski definition) is 4. The van der Waals surface area contributed by atoms with Crippen molar-refractivity contribution in [1.29, 1.82) is 0 Å². The summed E-state index contributed by atoms with van der Waals surface area (Å²) in [5.41, 5.74) is 1.23. The van der Waals surface area contributed by atoms with E-state index in [-0.39, 0.29) is 24.7 Å². The fourth-order valence-corrected chi connectivity index (χ4v) is 16.2. The predicted octanol–water partition coefficient (Wildman–Crippen LogP) is 10.2. The molecule has 0 bridgehead atoms. The van der Waals surface area contributed by atoms with Gasteiger partial charge in [-0.15, -0.1) is 0 Å². The molecule has 6 unspecified atom stereocenters. The number of unbranched alkanes of at least 4 members (excludes halogenated alkanes) is 2. The van der Waals surface area contributed by atoms with E-state index in [9.17, 15) is 29.4 Å². The van der Waals surface area contributed by atoms with Gasteiger partial charge >= 0.3 is 11.9 Å². The van der Waals surface area contributed by atoms with Gasteiger partial charge in [0, 0.05) is 25.9 Å². The van der Waals surface area contributed by atoms with Gasteiger partial charge in [0.1, 0.15) is 0 Å². The molecule has 0 aromatic heterocycles. The number of amides is 2. The largest absolute Gasteiger partial charge is 0.481 e. The fraction of sp³-hybridized carbons (Fsp3) is 0.810. The number of carbonyl (C=O) groups is 4. The lowest BCUT2D eigenvalue weighted by Crippen LogP contribution is -2.46. The van der Waals surface area contributed by atoms with Gasteiger partial charge in [-0.3, -0.25) is 19.2 Å². The summed E-state index contributed by atoms with van der Waals surface area (Å²) in [6, 6.07) is 1.53. The van der Waals surface area contributed by atoms with E-state index in [0.29, 0.717) is 66.8 Å². The molecule has 0 aliphatic heterocycles. The molecule has 0 rings (SSSR count). The van der Waals surface area contributed by atoms with Gasteiger partial charge in [0.15, 0.2) is 16.6 Å².